The fraction of sp³-hybridized carbons (Fsp3) is 0.171. The summed E-state index contributed by atoms with van der Waals surface area (Å²) in [4.78, 5) is 17.3. The zero-order chi connectivity index (χ0) is 33.4. The first-order valence-electron chi connectivity index (χ1n) is 15.8. The number of allylic oxidation sites excluding steroid dienone is 1. The van der Waals surface area contributed by atoms with Crippen molar-refractivity contribution in [3.8, 4) is 16.9 Å². The van der Waals surface area contributed by atoms with Crippen LogP contribution in [0.1, 0.15) is 50.8 Å². The predicted octanol–water partition coefficient (Wildman–Crippen LogP) is 9.05. The van der Waals surface area contributed by atoms with Crippen LogP contribution in [-0.4, -0.2) is 19.2 Å². The molecule has 1 atom stereocenters. The monoisotopic (exact) mass is 640 g/mol. The van der Waals surface area contributed by atoms with Gasteiger partial charge in [-0.1, -0.05) is 118 Å². The summed E-state index contributed by atoms with van der Waals surface area (Å²) in [6.45, 7) is 14.4. The molecular formula is C41H41FN2O2Si. The summed E-state index contributed by atoms with van der Waals surface area (Å²) in [5, 5.41) is 5.10. The summed E-state index contributed by atoms with van der Waals surface area (Å²) in [5.41, 5.74) is 3.80. The number of carbonyl (C=O) groups is 1. The van der Waals surface area contributed by atoms with Gasteiger partial charge in [-0.05, 0) is 63.3 Å². The van der Waals surface area contributed by atoms with Crippen LogP contribution in [0.25, 0.3) is 11.1 Å². The molecule has 5 aromatic rings. The van der Waals surface area contributed by atoms with Crippen LogP contribution in [0.15, 0.2) is 147 Å². The lowest BCUT2D eigenvalue weighted by molar-refractivity contribution is -0.115. The third-order valence-corrected chi connectivity index (χ3v) is 13.3. The molecule has 1 aromatic heterocycles. The summed E-state index contributed by atoms with van der Waals surface area (Å²) in [6.07, 6.45) is 6.07. The summed E-state index contributed by atoms with van der Waals surface area (Å²) >= 11 is 0. The molecule has 0 saturated carbocycles. The Balaban J connectivity index is 1.51. The maximum absolute atomic E-state index is 14.4. The number of halogens is 1. The highest BCUT2D eigenvalue weighted by Crippen LogP contribution is 2.38. The number of hydrogen-bond acceptors (Lipinski definition) is 3. The lowest BCUT2D eigenvalue weighted by Gasteiger charge is -2.42. The molecule has 0 aliphatic rings. The minimum absolute atomic E-state index is 0.0956. The Labute approximate surface area is 278 Å². The van der Waals surface area contributed by atoms with Crippen LogP contribution in [0.2, 0.25) is 5.04 Å². The zero-order valence-corrected chi connectivity index (χ0v) is 28.2. The van der Waals surface area contributed by atoms with E-state index in [0.717, 1.165) is 16.8 Å². The standard InChI is InChI=1S/C41H41FN2O2Si/c1-6-15-36(30-17-14-18-31(27-30)37-28-32(42)23-25-39(37)44-40(45)16-7-2)38-26-24-33(29-43-38)46-47(41(3,4)5,34-19-10-8-11-20-34)35-21-12-9-13-22-35/h6-14,17-29,36H,1-2,15-16H2,3-5H3,(H,44,45). The molecule has 1 N–H and O–H groups in total. The van der Waals surface area contributed by atoms with Crippen molar-refractivity contribution in [2.45, 2.75) is 44.6 Å². The van der Waals surface area contributed by atoms with Gasteiger partial charge in [0.05, 0.1) is 6.20 Å². The van der Waals surface area contributed by atoms with E-state index < -0.39 is 8.32 Å². The van der Waals surface area contributed by atoms with Crippen molar-refractivity contribution in [2.75, 3.05) is 5.32 Å². The zero-order valence-electron chi connectivity index (χ0n) is 27.2. The van der Waals surface area contributed by atoms with Gasteiger partial charge in [-0.2, -0.15) is 0 Å². The molecule has 238 valence electrons. The fourth-order valence-electron chi connectivity index (χ4n) is 6.20. The third-order valence-electron chi connectivity index (χ3n) is 8.39. The maximum atomic E-state index is 14.4. The Bertz CT molecular complexity index is 1790. The molecule has 0 fully saturated rings. The second kappa shape index (κ2) is 14.6. The highest BCUT2D eigenvalue weighted by molar-refractivity contribution is 7.00. The molecule has 6 heteroatoms. The number of rotatable bonds is 12. The lowest BCUT2D eigenvalue weighted by atomic mass is 9.89. The molecule has 1 amide bonds. The molecule has 0 saturated heterocycles. The SMILES string of the molecule is C=CCC(=O)Nc1ccc(F)cc1-c1cccc(C(CC=C)c2ccc(O[Si](c3ccccc3)(c3ccccc3)C(C)(C)C)cn2)c1. The molecule has 0 aliphatic carbocycles. The number of aromatic nitrogens is 1. The minimum atomic E-state index is -2.81. The van der Waals surface area contributed by atoms with E-state index in [-0.39, 0.29) is 29.1 Å². The summed E-state index contributed by atoms with van der Waals surface area (Å²) in [7, 11) is -2.81. The van der Waals surface area contributed by atoms with E-state index in [4.69, 9.17) is 9.41 Å². The summed E-state index contributed by atoms with van der Waals surface area (Å²) in [6, 6.07) is 37.4. The molecule has 1 heterocycles. The van der Waals surface area contributed by atoms with Gasteiger partial charge in [0, 0.05) is 29.3 Å². The fourth-order valence-corrected chi connectivity index (χ4v) is 10.6. The molecule has 47 heavy (non-hydrogen) atoms. The Morgan fingerprint density at radius 2 is 1.55 bits per heavy atom. The van der Waals surface area contributed by atoms with E-state index in [1.54, 1.807) is 6.07 Å². The van der Waals surface area contributed by atoms with E-state index in [1.165, 1.54) is 28.6 Å². The lowest BCUT2D eigenvalue weighted by Crippen LogP contribution is -2.68. The van der Waals surface area contributed by atoms with Crippen LogP contribution < -0.4 is 20.1 Å². The minimum Gasteiger partial charge on any atom is -0.533 e. The topological polar surface area (TPSA) is 51.2 Å². The molecule has 0 spiro atoms. The molecule has 1 unspecified atom stereocenters. The first kappa shape index (κ1) is 33.3. The highest BCUT2D eigenvalue weighted by Gasteiger charge is 2.52. The van der Waals surface area contributed by atoms with E-state index >= 15 is 0 Å². The maximum Gasteiger partial charge on any atom is 0.320 e. The average Bonchev–Trinajstić information content (AvgIpc) is 3.07. The van der Waals surface area contributed by atoms with Crippen molar-refractivity contribution in [3.05, 3.63) is 164 Å². The molecule has 5 rings (SSSR count). The van der Waals surface area contributed by atoms with Gasteiger partial charge in [0.15, 0.2) is 0 Å². The van der Waals surface area contributed by atoms with Gasteiger partial charge >= 0.3 is 8.32 Å². The Morgan fingerprint density at radius 3 is 2.13 bits per heavy atom. The van der Waals surface area contributed by atoms with Gasteiger partial charge in [0.25, 0.3) is 0 Å². The van der Waals surface area contributed by atoms with Gasteiger partial charge < -0.3 is 9.74 Å². The highest BCUT2D eigenvalue weighted by atomic mass is 28.4. The molecular weight excluding hydrogens is 600 g/mol. The molecule has 4 nitrogen and oxygen atoms in total. The smallest absolute Gasteiger partial charge is 0.320 e. The van der Waals surface area contributed by atoms with Crippen molar-refractivity contribution >= 4 is 30.3 Å². The number of amides is 1. The van der Waals surface area contributed by atoms with Crippen LogP contribution in [0, 0.1) is 5.82 Å². The summed E-state index contributed by atoms with van der Waals surface area (Å²) < 4.78 is 21.6. The molecule has 0 radical (unpaired) electrons. The van der Waals surface area contributed by atoms with Crippen LogP contribution in [0.4, 0.5) is 10.1 Å². The number of nitrogens with one attached hydrogen (secondary N) is 1. The average molecular weight is 641 g/mol. The quantitative estimate of drug-likeness (QED) is 0.109. The normalized spacial score (nSPS) is 12.2. The van der Waals surface area contributed by atoms with Crippen molar-refractivity contribution in [1.29, 1.82) is 0 Å². The predicted molar refractivity (Wildman–Crippen MR) is 194 cm³/mol. The van der Waals surface area contributed by atoms with Crippen LogP contribution in [0.5, 0.6) is 5.75 Å². The van der Waals surface area contributed by atoms with Gasteiger partial charge in [-0.15, -0.1) is 13.2 Å². The Morgan fingerprint density at radius 1 is 0.872 bits per heavy atom. The second-order valence-electron chi connectivity index (χ2n) is 12.6. The van der Waals surface area contributed by atoms with Gasteiger partial charge in [0.1, 0.15) is 11.6 Å². The van der Waals surface area contributed by atoms with Crippen molar-refractivity contribution in [3.63, 3.8) is 0 Å². The van der Waals surface area contributed by atoms with Gasteiger partial charge in [-0.25, -0.2) is 4.39 Å². The van der Waals surface area contributed by atoms with Crippen LogP contribution >= 0.6 is 0 Å². The molecule has 0 bridgehead atoms. The van der Waals surface area contributed by atoms with Crippen molar-refractivity contribution in [1.82, 2.24) is 4.98 Å². The molecule has 0 aliphatic heterocycles. The first-order chi connectivity index (χ1) is 22.7. The van der Waals surface area contributed by atoms with E-state index in [9.17, 15) is 9.18 Å². The van der Waals surface area contributed by atoms with Crippen LogP contribution in [0.3, 0.4) is 0 Å². The van der Waals surface area contributed by atoms with E-state index in [0.29, 0.717) is 23.4 Å². The first-order valence-corrected chi connectivity index (χ1v) is 17.7. The summed E-state index contributed by atoms with van der Waals surface area (Å²) in [5.74, 6) is 0.0292. The van der Waals surface area contributed by atoms with Crippen LogP contribution in [-0.2, 0) is 4.79 Å². The Hall–Kier alpha value is -5.07. The van der Waals surface area contributed by atoms with Crippen molar-refractivity contribution in [2.24, 2.45) is 0 Å². The van der Waals surface area contributed by atoms with Gasteiger partial charge in [-0.3, -0.25) is 9.78 Å². The number of benzene rings is 4. The molecule has 4 aromatic carbocycles. The number of anilines is 1. The van der Waals surface area contributed by atoms with E-state index in [1.807, 2.05) is 60.8 Å². The Kier molecular flexibility index (Phi) is 10.3. The number of carbonyl (C=O) groups excluding carboxylic acids is 1. The largest absolute Gasteiger partial charge is 0.533 e. The number of nitrogens with zero attached hydrogens (tertiary/aromatic N) is 1. The van der Waals surface area contributed by atoms with E-state index in [2.05, 4.69) is 87.8 Å². The van der Waals surface area contributed by atoms with Crippen molar-refractivity contribution < 1.29 is 13.6 Å². The third kappa shape index (κ3) is 7.34. The number of hydrogen-bond donors (Lipinski definition) is 1. The van der Waals surface area contributed by atoms with Gasteiger partial charge in [0.2, 0.25) is 5.91 Å². The number of pyridine rings is 1. The second-order valence-corrected chi connectivity index (χ2v) is 16.8.